The molecule has 170 valence electrons. The van der Waals surface area contributed by atoms with Crippen LogP contribution in [0.2, 0.25) is 0 Å². The molecule has 4 aromatic carbocycles. The number of ether oxygens (including phenoxy) is 1. The largest absolute Gasteiger partial charge is 0.496 e. The number of hydrogen-bond donors (Lipinski definition) is 0. The average molecular weight is 450 g/mol. The number of hydrogen-bond acceptors (Lipinski definition) is 2. The molecule has 1 unspecified atom stereocenters. The smallest absolute Gasteiger partial charge is 0.123 e. The average Bonchev–Trinajstić information content (AvgIpc) is 2.89. The molecule has 0 aliphatic carbocycles. The van der Waals surface area contributed by atoms with Crippen LogP contribution >= 0.6 is 0 Å². The molecule has 5 rings (SSSR count). The highest BCUT2D eigenvalue weighted by Crippen LogP contribution is 2.35. The van der Waals surface area contributed by atoms with Crippen LogP contribution in [-0.4, -0.2) is 24.6 Å². The van der Waals surface area contributed by atoms with Gasteiger partial charge in [-0.1, -0.05) is 97.1 Å². The molecule has 1 fully saturated rings. The van der Waals surface area contributed by atoms with Crippen molar-refractivity contribution in [2.75, 3.05) is 19.7 Å². The third kappa shape index (κ3) is 5.27. The molecule has 0 spiro atoms. The van der Waals surface area contributed by atoms with Crippen LogP contribution in [0.15, 0.2) is 121 Å². The van der Waals surface area contributed by atoms with E-state index < -0.39 is 0 Å². The Balaban J connectivity index is 1.50. The fraction of sp³-hybridized carbons (Fsp3) is 0.161. The Kier molecular flexibility index (Phi) is 6.83. The molecule has 3 heteroatoms. The van der Waals surface area contributed by atoms with Crippen LogP contribution in [-0.2, 0) is 11.3 Å². The van der Waals surface area contributed by atoms with Gasteiger partial charge in [-0.15, -0.1) is 0 Å². The normalized spacial score (nSPS) is 16.2. The number of nitrogens with zero attached hydrogens (tertiary/aromatic N) is 1. The Morgan fingerprint density at radius 2 is 1.47 bits per heavy atom. The standard InChI is InChI=1S/C31H28FNO/c32-27-17-15-26(16-18-27)29-13-7-8-14-30(29)31(25-11-5-2-6-12-25)21-28-23-33(19-20-34-28)22-24-9-3-1-4-10-24/h1-18,21,31H,19-20,22-23H2. The highest BCUT2D eigenvalue weighted by Gasteiger charge is 2.21. The molecule has 1 aliphatic heterocycles. The van der Waals surface area contributed by atoms with Gasteiger partial charge in [0, 0.05) is 19.0 Å². The van der Waals surface area contributed by atoms with Crippen molar-refractivity contribution >= 4 is 0 Å². The molecule has 0 N–H and O–H groups in total. The van der Waals surface area contributed by atoms with Crippen LogP contribution in [0.4, 0.5) is 4.39 Å². The Bertz CT molecular complexity index is 1240. The molecular weight excluding hydrogens is 421 g/mol. The van der Waals surface area contributed by atoms with E-state index in [-0.39, 0.29) is 11.7 Å². The summed E-state index contributed by atoms with van der Waals surface area (Å²) >= 11 is 0. The van der Waals surface area contributed by atoms with Gasteiger partial charge in [0.25, 0.3) is 0 Å². The molecule has 1 aliphatic rings. The van der Waals surface area contributed by atoms with Gasteiger partial charge in [-0.25, -0.2) is 4.39 Å². The summed E-state index contributed by atoms with van der Waals surface area (Å²) in [5, 5.41) is 0. The Morgan fingerprint density at radius 1 is 0.794 bits per heavy atom. The molecule has 2 nitrogen and oxygen atoms in total. The topological polar surface area (TPSA) is 12.5 Å². The fourth-order valence-corrected chi connectivity index (χ4v) is 4.60. The van der Waals surface area contributed by atoms with Crippen molar-refractivity contribution in [3.8, 4) is 11.1 Å². The van der Waals surface area contributed by atoms with Gasteiger partial charge >= 0.3 is 0 Å². The lowest BCUT2D eigenvalue weighted by molar-refractivity contribution is 0.0886. The highest BCUT2D eigenvalue weighted by atomic mass is 19.1. The quantitative estimate of drug-likeness (QED) is 0.313. The Hall–Kier alpha value is -3.69. The first-order chi connectivity index (χ1) is 16.8. The van der Waals surface area contributed by atoms with Gasteiger partial charge in [-0.3, -0.25) is 4.90 Å². The summed E-state index contributed by atoms with van der Waals surface area (Å²) in [5.74, 6) is 0.788. The number of benzene rings is 4. The van der Waals surface area contributed by atoms with Crippen molar-refractivity contribution in [3.63, 3.8) is 0 Å². The van der Waals surface area contributed by atoms with Gasteiger partial charge in [0.2, 0.25) is 0 Å². The van der Waals surface area contributed by atoms with Gasteiger partial charge in [0.05, 0.1) is 6.54 Å². The van der Waals surface area contributed by atoms with E-state index in [1.807, 2.05) is 24.3 Å². The van der Waals surface area contributed by atoms with Crippen LogP contribution in [0.1, 0.15) is 22.6 Å². The fourth-order valence-electron chi connectivity index (χ4n) is 4.60. The van der Waals surface area contributed by atoms with E-state index in [1.165, 1.54) is 28.8 Å². The first-order valence-electron chi connectivity index (χ1n) is 11.8. The van der Waals surface area contributed by atoms with Crippen molar-refractivity contribution in [3.05, 3.63) is 144 Å². The highest BCUT2D eigenvalue weighted by molar-refractivity contribution is 5.69. The number of morpholine rings is 1. The predicted octanol–water partition coefficient (Wildman–Crippen LogP) is 7.04. The van der Waals surface area contributed by atoms with E-state index in [0.717, 1.165) is 36.5 Å². The number of allylic oxidation sites excluding steroid dienone is 1. The summed E-state index contributed by atoms with van der Waals surface area (Å²) in [7, 11) is 0. The van der Waals surface area contributed by atoms with Gasteiger partial charge in [0.15, 0.2) is 0 Å². The van der Waals surface area contributed by atoms with Crippen molar-refractivity contribution in [2.45, 2.75) is 12.5 Å². The molecule has 34 heavy (non-hydrogen) atoms. The summed E-state index contributed by atoms with van der Waals surface area (Å²) < 4.78 is 19.7. The van der Waals surface area contributed by atoms with Crippen LogP contribution in [0, 0.1) is 5.82 Å². The van der Waals surface area contributed by atoms with Gasteiger partial charge in [-0.2, -0.15) is 0 Å². The van der Waals surface area contributed by atoms with Crippen molar-refractivity contribution < 1.29 is 9.13 Å². The van der Waals surface area contributed by atoms with E-state index in [2.05, 4.69) is 83.8 Å². The van der Waals surface area contributed by atoms with Gasteiger partial charge in [0.1, 0.15) is 18.2 Å². The van der Waals surface area contributed by atoms with Gasteiger partial charge in [-0.05, 0) is 46.0 Å². The minimum atomic E-state index is -0.225. The molecule has 1 atom stereocenters. The maximum atomic E-state index is 13.6. The summed E-state index contributed by atoms with van der Waals surface area (Å²) in [6, 6.07) is 36.2. The second-order valence-corrected chi connectivity index (χ2v) is 8.66. The summed E-state index contributed by atoms with van der Waals surface area (Å²) in [6.07, 6.45) is 2.26. The second kappa shape index (κ2) is 10.5. The molecule has 0 saturated carbocycles. The molecule has 0 amide bonds. The second-order valence-electron chi connectivity index (χ2n) is 8.66. The molecular formula is C31H28FNO. The Labute approximate surface area is 201 Å². The molecule has 0 aromatic heterocycles. The van der Waals surface area contributed by atoms with Crippen LogP contribution in [0.5, 0.6) is 0 Å². The summed E-state index contributed by atoms with van der Waals surface area (Å²) in [4.78, 5) is 2.43. The predicted molar refractivity (Wildman–Crippen MR) is 136 cm³/mol. The zero-order chi connectivity index (χ0) is 23.2. The summed E-state index contributed by atoms with van der Waals surface area (Å²) in [6.45, 7) is 3.27. The first-order valence-corrected chi connectivity index (χ1v) is 11.8. The van der Waals surface area contributed by atoms with Crippen molar-refractivity contribution in [2.24, 2.45) is 0 Å². The van der Waals surface area contributed by atoms with E-state index in [0.29, 0.717) is 6.61 Å². The lowest BCUT2D eigenvalue weighted by Crippen LogP contribution is -2.34. The third-order valence-electron chi connectivity index (χ3n) is 6.29. The van der Waals surface area contributed by atoms with E-state index in [1.54, 1.807) is 0 Å². The maximum Gasteiger partial charge on any atom is 0.123 e. The molecule has 1 heterocycles. The number of rotatable bonds is 6. The van der Waals surface area contributed by atoms with Gasteiger partial charge < -0.3 is 4.74 Å². The van der Waals surface area contributed by atoms with Crippen LogP contribution < -0.4 is 0 Å². The van der Waals surface area contributed by atoms with Crippen LogP contribution in [0.3, 0.4) is 0 Å². The van der Waals surface area contributed by atoms with E-state index in [9.17, 15) is 4.39 Å². The maximum absolute atomic E-state index is 13.6. The first kappa shape index (κ1) is 22.1. The molecule has 1 saturated heterocycles. The Morgan fingerprint density at radius 3 is 2.24 bits per heavy atom. The monoisotopic (exact) mass is 449 g/mol. The molecule has 0 radical (unpaired) electrons. The van der Waals surface area contributed by atoms with Crippen LogP contribution in [0.25, 0.3) is 11.1 Å². The molecule has 0 bridgehead atoms. The van der Waals surface area contributed by atoms with E-state index >= 15 is 0 Å². The minimum Gasteiger partial charge on any atom is -0.496 e. The zero-order valence-electron chi connectivity index (χ0n) is 19.1. The van der Waals surface area contributed by atoms with Crippen molar-refractivity contribution in [1.29, 1.82) is 0 Å². The zero-order valence-corrected chi connectivity index (χ0v) is 19.1. The third-order valence-corrected chi connectivity index (χ3v) is 6.29. The lowest BCUT2D eigenvalue weighted by Gasteiger charge is -2.30. The number of halogens is 1. The van der Waals surface area contributed by atoms with E-state index in [4.69, 9.17) is 4.74 Å². The summed E-state index contributed by atoms with van der Waals surface area (Å²) in [5.41, 5.74) is 5.80. The SMILES string of the molecule is Fc1ccc(-c2ccccc2C(C=C2CN(Cc3ccccc3)CCO2)c2ccccc2)cc1. The minimum absolute atomic E-state index is 0.0223. The molecule has 4 aromatic rings. The lowest BCUT2D eigenvalue weighted by atomic mass is 9.85. The van der Waals surface area contributed by atoms with Crippen molar-refractivity contribution in [1.82, 2.24) is 4.90 Å².